The number of carbonyl (C=O) groups excluding carboxylic acids is 1. The summed E-state index contributed by atoms with van der Waals surface area (Å²) in [4.78, 5) is 12.1. The Labute approximate surface area is 153 Å². The van der Waals surface area contributed by atoms with Gasteiger partial charge < -0.3 is 24.8 Å². The average molecular weight is 356 g/mol. The number of ether oxygens (including phenoxy) is 3. The third-order valence-electron chi connectivity index (χ3n) is 3.84. The van der Waals surface area contributed by atoms with E-state index in [4.69, 9.17) is 14.2 Å². The van der Waals surface area contributed by atoms with Crippen LogP contribution in [0.3, 0.4) is 0 Å². The van der Waals surface area contributed by atoms with Crippen LogP contribution in [0.2, 0.25) is 0 Å². The van der Waals surface area contributed by atoms with Crippen LogP contribution >= 0.6 is 0 Å². The fraction of sp³-hybridized carbons (Fsp3) is 0.250. The Balaban J connectivity index is 1.93. The van der Waals surface area contributed by atoms with Crippen molar-refractivity contribution in [2.24, 2.45) is 0 Å². The molecular formula is C20H24N2O4. The zero-order valence-corrected chi connectivity index (χ0v) is 15.4. The topological polar surface area (TPSA) is 68.8 Å². The van der Waals surface area contributed by atoms with Crippen molar-refractivity contribution in [3.8, 4) is 17.2 Å². The van der Waals surface area contributed by atoms with Gasteiger partial charge in [-0.25, -0.2) is 4.79 Å². The molecule has 0 bridgehead atoms. The fourth-order valence-electron chi connectivity index (χ4n) is 2.40. The van der Waals surface area contributed by atoms with Crippen LogP contribution in [0.5, 0.6) is 17.2 Å². The van der Waals surface area contributed by atoms with E-state index in [-0.39, 0.29) is 12.1 Å². The summed E-state index contributed by atoms with van der Waals surface area (Å²) in [5, 5.41) is 5.56. The monoisotopic (exact) mass is 356 g/mol. The molecule has 6 nitrogen and oxygen atoms in total. The second-order valence-electron chi connectivity index (χ2n) is 5.56. The highest BCUT2D eigenvalue weighted by molar-refractivity contribution is 5.76. The van der Waals surface area contributed by atoms with Crippen LogP contribution in [0.25, 0.3) is 6.08 Å². The molecular weight excluding hydrogens is 332 g/mol. The number of nitrogens with one attached hydrogen (secondary N) is 2. The number of carbonyl (C=O) groups is 1. The lowest BCUT2D eigenvalue weighted by Gasteiger charge is -2.16. The smallest absolute Gasteiger partial charge is 0.319 e. The van der Waals surface area contributed by atoms with Crippen molar-refractivity contribution in [3.05, 3.63) is 59.8 Å². The maximum absolute atomic E-state index is 12.1. The first-order chi connectivity index (χ1) is 12.6. The van der Waals surface area contributed by atoms with E-state index < -0.39 is 0 Å². The van der Waals surface area contributed by atoms with Crippen molar-refractivity contribution in [2.75, 3.05) is 21.3 Å². The van der Waals surface area contributed by atoms with Gasteiger partial charge in [0.1, 0.15) is 5.75 Å². The maximum atomic E-state index is 12.1. The average Bonchev–Trinajstić information content (AvgIpc) is 2.67. The number of benzene rings is 2. The first kappa shape index (κ1) is 19.2. The number of hydrogen-bond donors (Lipinski definition) is 2. The van der Waals surface area contributed by atoms with Gasteiger partial charge in [-0.15, -0.1) is 0 Å². The largest absolute Gasteiger partial charge is 0.497 e. The normalized spacial score (nSPS) is 11.7. The van der Waals surface area contributed by atoms with Gasteiger partial charge >= 0.3 is 6.03 Å². The summed E-state index contributed by atoms with van der Waals surface area (Å²) in [6, 6.07) is 12.6. The molecule has 2 rings (SSSR count). The van der Waals surface area contributed by atoms with Gasteiger partial charge in [0.25, 0.3) is 0 Å². The van der Waals surface area contributed by atoms with Crippen LogP contribution < -0.4 is 24.8 Å². The lowest BCUT2D eigenvalue weighted by molar-refractivity contribution is 0.241. The Bertz CT molecular complexity index is 774. The number of amides is 2. The van der Waals surface area contributed by atoms with Crippen LogP contribution in [0.15, 0.2) is 48.7 Å². The summed E-state index contributed by atoms with van der Waals surface area (Å²) in [6.45, 7) is 1.90. The number of urea groups is 1. The van der Waals surface area contributed by atoms with Gasteiger partial charge in [-0.05, 0) is 48.4 Å². The lowest BCUT2D eigenvalue weighted by Crippen LogP contribution is -2.34. The first-order valence-electron chi connectivity index (χ1n) is 8.17. The van der Waals surface area contributed by atoms with Gasteiger partial charge in [0, 0.05) is 6.20 Å². The predicted octanol–water partition coefficient (Wildman–Crippen LogP) is 3.74. The fourth-order valence-corrected chi connectivity index (χ4v) is 2.40. The van der Waals surface area contributed by atoms with Crippen LogP contribution in [-0.2, 0) is 0 Å². The van der Waals surface area contributed by atoms with Gasteiger partial charge in [-0.2, -0.15) is 0 Å². The summed E-state index contributed by atoms with van der Waals surface area (Å²) >= 11 is 0. The molecule has 0 aliphatic rings. The zero-order chi connectivity index (χ0) is 18.9. The third kappa shape index (κ3) is 5.17. The SMILES string of the molecule is COc1cccc(/C=C/NC(=O)NC(C)c2ccc(OC)c(OC)c2)c1. The molecule has 0 saturated heterocycles. The number of hydrogen-bond acceptors (Lipinski definition) is 4. The molecule has 2 aromatic rings. The zero-order valence-electron chi connectivity index (χ0n) is 15.4. The molecule has 0 aromatic heterocycles. The van der Waals surface area contributed by atoms with Crippen molar-refractivity contribution < 1.29 is 19.0 Å². The number of rotatable bonds is 7. The summed E-state index contributed by atoms with van der Waals surface area (Å²) in [5.41, 5.74) is 1.84. The highest BCUT2D eigenvalue weighted by atomic mass is 16.5. The van der Waals surface area contributed by atoms with Crippen LogP contribution in [0.1, 0.15) is 24.1 Å². The summed E-state index contributed by atoms with van der Waals surface area (Å²) in [7, 11) is 4.78. The van der Waals surface area contributed by atoms with E-state index >= 15 is 0 Å². The van der Waals surface area contributed by atoms with Gasteiger partial charge in [0.05, 0.1) is 27.4 Å². The second-order valence-corrected chi connectivity index (χ2v) is 5.56. The van der Waals surface area contributed by atoms with Gasteiger partial charge in [-0.1, -0.05) is 18.2 Å². The Morgan fingerprint density at radius 1 is 1.00 bits per heavy atom. The minimum atomic E-state index is -0.300. The van der Waals surface area contributed by atoms with Crippen molar-refractivity contribution in [2.45, 2.75) is 13.0 Å². The summed E-state index contributed by atoms with van der Waals surface area (Å²) < 4.78 is 15.7. The molecule has 2 amide bonds. The van der Waals surface area contributed by atoms with Gasteiger partial charge in [0.15, 0.2) is 11.5 Å². The summed E-state index contributed by atoms with van der Waals surface area (Å²) in [5.74, 6) is 2.03. The molecule has 0 aliphatic carbocycles. The molecule has 2 aromatic carbocycles. The van der Waals surface area contributed by atoms with Gasteiger partial charge in [0.2, 0.25) is 0 Å². The van der Waals surface area contributed by atoms with E-state index in [1.165, 1.54) is 0 Å². The Kier molecular flexibility index (Phi) is 6.91. The van der Waals surface area contributed by atoms with Crippen LogP contribution in [0, 0.1) is 0 Å². The molecule has 6 heteroatoms. The summed E-state index contributed by atoms with van der Waals surface area (Å²) in [6.07, 6.45) is 3.38. The van der Waals surface area contributed by atoms with Crippen LogP contribution in [0.4, 0.5) is 4.79 Å². The Hall–Kier alpha value is -3.15. The van der Waals surface area contributed by atoms with Crippen molar-refractivity contribution in [1.29, 1.82) is 0 Å². The van der Waals surface area contributed by atoms with E-state index in [2.05, 4.69) is 10.6 Å². The van der Waals surface area contributed by atoms with E-state index in [1.807, 2.05) is 49.4 Å². The van der Waals surface area contributed by atoms with Crippen molar-refractivity contribution in [3.63, 3.8) is 0 Å². The van der Waals surface area contributed by atoms with E-state index in [1.54, 1.807) is 33.6 Å². The van der Waals surface area contributed by atoms with Crippen molar-refractivity contribution >= 4 is 12.1 Å². The molecule has 0 radical (unpaired) electrons. The van der Waals surface area contributed by atoms with Crippen LogP contribution in [-0.4, -0.2) is 27.4 Å². The third-order valence-corrected chi connectivity index (χ3v) is 3.84. The minimum Gasteiger partial charge on any atom is -0.497 e. The van der Waals surface area contributed by atoms with Gasteiger partial charge in [-0.3, -0.25) is 0 Å². The number of methoxy groups -OCH3 is 3. The molecule has 0 spiro atoms. The molecule has 0 fully saturated rings. The Morgan fingerprint density at radius 2 is 1.77 bits per heavy atom. The molecule has 0 saturated carbocycles. The molecule has 138 valence electrons. The quantitative estimate of drug-likeness (QED) is 0.793. The second kappa shape index (κ2) is 9.36. The lowest BCUT2D eigenvalue weighted by atomic mass is 10.1. The molecule has 1 unspecified atom stereocenters. The maximum Gasteiger partial charge on any atom is 0.319 e. The minimum absolute atomic E-state index is 0.194. The molecule has 0 heterocycles. The van der Waals surface area contributed by atoms with E-state index in [9.17, 15) is 4.79 Å². The van der Waals surface area contributed by atoms with E-state index in [0.717, 1.165) is 16.9 Å². The molecule has 2 N–H and O–H groups in total. The highest BCUT2D eigenvalue weighted by Gasteiger charge is 2.12. The molecule has 26 heavy (non-hydrogen) atoms. The Morgan fingerprint density at radius 3 is 2.46 bits per heavy atom. The molecule has 1 atom stereocenters. The van der Waals surface area contributed by atoms with Crippen molar-refractivity contribution in [1.82, 2.24) is 10.6 Å². The van der Waals surface area contributed by atoms with E-state index in [0.29, 0.717) is 11.5 Å². The highest BCUT2D eigenvalue weighted by Crippen LogP contribution is 2.29. The molecule has 0 aliphatic heterocycles. The standard InChI is InChI=1S/C20H24N2O4/c1-14(16-8-9-18(25-3)19(13-16)26-4)22-20(23)21-11-10-15-6-5-7-17(12-15)24-2/h5-14H,1-4H3,(H2,21,22,23)/b11-10+. The predicted molar refractivity (Wildman–Crippen MR) is 102 cm³/mol. The first-order valence-corrected chi connectivity index (χ1v) is 8.17.